The molecular formula is C19H15BrFNO4. The molecule has 2 aromatic rings. The van der Waals surface area contributed by atoms with Crippen LogP contribution in [0.2, 0.25) is 0 Å². The van der Waals surface area contributed by atoms with Crippen LogP contribution in [0, 0.1) is 5.82 Å². The standard InChI is InChI=1S/C19H15BrFNO4/c1-3-25-16-9-11(7-14(20)17(16)24-2)8-15-19(23)26-18(22-15)12-5-4-6-13(21)10-12/h4-10H,3H2,1-2H3/b15-8-. The van der Waals surface area contributed by atoms with E-state index < -0.39 is 11.8 Å². The molecule has 0 amide bonds. The van der Waals surface area contributed by atoms with E-state index in [2.05, 4.69) is 20.9 Å². The molecule has 0 atom stereocenters. The van der Waals surface area contributed by atoms with Gasteiger partial charge in [-0.15, -0.1) is 0 Å². The third kappa shape index (κ3) is 3.77. The van der Waals surface area contributed by atoms with E-state index in [-0.39, 0.29) is 11.6 Å². The summed E-state index contributed by atoms with van der Waals surface area (Å²) >= 11 is 3.42. The van der Waals surface area contributed by atoms with Gasteiger partial charge in [0.15, 0.2) is 17.2 Å². The summed E-state index contributed by atoms with van der Waals surface area (Å²) in [6, 6.07) is 9.22. The average molecular weight is 420 g/mol. The Morgan fingerprint density at radius 2 is 2.12 bits per heavy atom. The van der Waals surface area contributed by atoms with Crippen LogP contribution in [-0.2, 0) is 9.53 Å². The summed E-state index contributed by atoms with van der Waals surface area (Å²) < 4.78 is 30.1. The van der Waals surface area contributed by atoms with Gasteiger partial charge in [0, 0.05) is 5.56 Å². The van der Waals surface area contributed by atoms with Crippen molar-refractivity contribution >= 4 is 33.9 Å². The van der Waals surface area contributed by atoms with E-state index in [0.717, 1.165) is 0 Å². The van der Waals surface area contributed by atoms with Crippen LogP contribution in [0.4, 0.5) is 4.39 Å². The lowest BCUT2D eigenvalue weighted by Gasteiger charge is -2.12. The van der Waals surface area contributed by atoms with Crippen LogP contribution in [0.1, 0.15) is 18.1 Å². The van der Waals surface area contributed by atoms with Gasteiger partial charge in [-0.1, -0.05) is 6.07 Å². The molecular weight excluding hydrogens is 405 g/mol. The van der Waals surface area contributed by atoms with E-state index in [0.29, 0.717) is 33.7 Å². The van der Waals surface area contributed by atoms with E-state index in [9.17, 15) is 9.18 Å². The highest BCUT2D eigenvalue weighted by molar-refractivity contribution is 9.10. The van der Waals surface area contributed by atoms with Crippen molar-refractivity contribution in [3.8, 4) is 11.5 Å². The zero-order valence-corrected chi connectivity index (χ0v) is 15.7. The number of rotatable bonds is 5. The van der Waals surface area contributed by atoms with Crippen LogP contribution in [0.3, 0.4) is 0 Å². The fourth-order valence-corrected chi connectivity index (χ4v) is 3.07. The van der Waals surface area contributed by atoms with E-state index in [1.54, 1.807) is 31.4 Å². The van der Waals surface area contributed by atoms with Crippen molar-refractivity contribution in [2.75, 3.05) is 13.7 Å². The van der Waals surface area contributed by atoms with Crippen LogP contribution in [-0.4, -0.2) is 25.6 Å². The van der Waals surface area contributed by atoms with Crippen LogP contribution in [0.25, 0.3) is 6.08 Å². The van der Waals surface area contributed by atoms with Crippen molar-refractivity contribution in [2.24, 2.45) is 4.99 Å². The second-order valence-corrected chi connectivity index (χ2v) is 6.17. The normalized spacial score (nSPS) is 15.0. The first-order chi connectivity index (χ1) is 12.5. The topological polar surface area (TPSA) is 57.1 Å². The van der Waals surface area contributed by atoms with Gasteiger partial charge >= 0.3 is 5.97 Å². The lowest BCUT2D eigenvalue weighted by Crippen LogP contribution is -2.05. The van der Waals surface area contributed by atoms with Gasteiger partial charge in [0.2, 0.25) is 5.90 Å². The predicted molar refractivity (Wildman–Crippen MR) is 98.9 cm³/mol. The molecule has 0 saturated carbocycles. The number of nitrogens with zero attached hydrogens (tertiary/aromatic N) is 1. The molecule has 0 aliphatic carbocycles. The molecule has 1 heterocycles. The molecule has 0 bridgehead atoms. The molecule has 2 aromatic carbocycles. The Balaban J connectivity index is 1.98. The van der Waals surface area contributed by atoms with Crippen molar-refractivity contribution in [2.45, 2.75) is 6.92 Å². The predicted octanol–water partition coefficient (Wildman–Crippen LogP) is 4.34. The van der Waals surface area contributed by atoms with Gasteiger partial charge in [-0.25, -0.2) is 14.2 Å². The van der Waals surface area contributed by atoms with Gasteiger partial charge in [-0.3, -0.25) is 0 Å². The van der Waals surface area contributed by atoms with E-state index in [1.165, 1.54) is 18.2 Å². The van der Waals surface area contributed by atoms with Crippen LogP contribution >= 0.6 is 15.9 Å². The minimum atomic E-state index is -0.603. The smallest absolute Gasteiger partial charge is 0.363 e. The first-order valence-corrected chi connectivity index (χ1v) is 8.60. The number of aliphatic imine (C=N–C) groups is 1. The van der Waals surface area contributed by atoms with Crippen LogP contribution in [0.15, 0.2) is 51.6 Å². The number of carbonyl (C=O) groups excluding carboxylic acids is 1. The van der Waals surface area contributed by atoms with E-state index >= 15 is 0 Å². The molecule has 0 N–H and O–H groups in total. The Kier molecular flexibility index (Phi) is 5.37. The van der Waals surface area contributed by atoms with Gasteiger partial charge in [0.25, 0.3) is 0 Å². The maximum absolute atomic E-state index is 13.4. The SMILES string of the molecule is CCOc1cc(/C=C2\N=C(c3cccc(F)c3)OC2=O)cc(Br)c1OC. The first-order valence-electron chi connectivity index (χ1n) is 7.80. The summed E-state index contributed by atoms with van der Waals surface area (Å²) in [6.45, 7) is 2.33. The van der Waals surface area contributed by atoms with Gasteiger partial charge in [0.05, 0.1) is 18.2 Å². The number of hydrogen-bond donors (Lipinski definition) is 0. The number of ether oxygens (including phenoxy) is 3. The fraction of sp³-hybridized carbons (Fsp3) is 0.158. The average Bonchev–Trinajstić information content (AvgIpc) is 2.96. The zero-order valence-electron chi connectivity index (χ0n) is 14.1. The highest BCUT2D eigenvalue weighted by Gasteiger charge is 2.24. The highest BCUT2D eigenvalue weighted by Crippen LogP contribution is 2.37. The maximum Gasteiger partial charge on any atom is 0.363 e. The maximum atomic E-state index is 13.4. The molecule has 3 rings (SSSR count). The van der Waals surface area contributed by atoms with Crippen molar-refractivity contribution < 1.29 is 23.4 Å². The Morgan fingerprint density at radius 1 is 1.31 bits per heavy atom. The van der Waals surface area contributed by atoms with Crippen molar-refractivity contribution in [1.82, 2.24) is 0 Å². The van der Waals surface area contributed by atoms with Gasteiger partial charge in [-0.2, -0.15) is 0 Å². The second kappa shape index (κ2) is 7.70. The quantitative estimate of drug-likeness (QED) is 0.534. The number of benzene rings is 2. The van der Waals surface area contributed by atoms with Crippen molar-refractivity contribution in [3.05, 3.63) is 63.5 Å². The summed E-state index contributed by atoms with van der Waals surface area (Å²) in [6.07, 6.45) is 1.57. The number of hydrogen-bond acceptors (Lipinski definition) is 5. The molecule has 0 aromatic heterocycles. The number of methoxy groups -OCH3 is 1. The Morgan fingerprint density at radius 3 is 2.81 bits per heavy atom. The van der Waals surface area contributed by atoms with Crippen LogP contribution < -0.4 is 9.47 Å². The molecule has 0 saturated heterocycles. The second-order valence-electron chi connectivity index (χ2n) is 5.31. The third-order valence-electron chi connectivity index (χ3n) is 3.53. The molecule has 5 nitrogen and oxygen atoms in total. The molecule has 26 heavy (non-hydrogen) atoms. The van der Waals surface area contributed by atoms with E-state index in [4.69, 9.17) is 14.2 Å². The fourth-order valence-electron chi connectivity index (χ4n) is 2.44. The summed E-state index contributed by atoms with van der Waals surface area (Å²) in [4.78, 5) is 16.3. The Hall–Kier alpha value is -2.67. The van der Waals surface area contributed by atoms with E-state index in [1.807, 2.05) is 6.92 Å². The summed E-state index contributed by atoms with van der Waals surface area (Å²) in [5.41, 5.74) is 1.19. The summed E-state index contributed by atoms with van der Waals surface area (Å²) in [5, 5.41) is 0. The highest BCUT2D eigenvalue weighted by atomic mass is 79.9. The number of carbonyl (C=O) groups is 1. The summed E-state index contributed by atoms with van der Waals surface area (Å²) in [5.74, 6) is 0.135. The van der Waals surface area contributed by atoms with Crippen molar-refractivity contribution in [3.63, 3.8) is 0 Å². The van der Waals surface area contributed by atoms with Crippen molar-refractivity contribution in [1.29, 1.82) is 0 Å². The number of cyclic esters (lactones) is 1. The van der Waals surface area contributed by atoms with Gasteiger partial charge < -0.3 is 14.2 Å². The molecule has 134 valence electrons. The third-order valence-corrected chi connectivity index (χ3v) is 4.12. The minimum Gasteiger partial charge on any atom is -0.492 e. The number of esters is 1. The molecule has 0 spiro atoms. The molecule has 0 radical (unpaired) electrons. The largest absolute Gasteiger partial charge is 0.492 e. The molecule has 1 aliphatic rings. The van der Waals surface area contributed by atoms with Gasteiger partial charge in [-0.05, 0) is 64.8 Å². The van der Waals surface area contributed by atoms with Gasteiger partial charge in [0.1, 0.15) is 5.82 Å². The number of halogens is 2. The minimum absolute atomic E-state index is 0.0679. The Bertz CT molecular complexity index is 924. The Labute approximate surface area is 158 Å². The molecule has 7 heteroatoms. The monoisotopic (exact) mass is 419 g/mol. The zero-order chi connectivity index (χ0) is 18.7. The first kappa shape index (κ1) is 18.1. The van der Waals surface area contributed by atoms with Crippen LogP contribution in [0.5, 0.6) is 11.5 Å². The molecule has 1 aliphatic heterocycles. The molecule has 0 unspecified atom stereocenters. The molecule has 0 fully saturated rings. The summed E-state index contributed by atoms with van der Waals surface area (Å²) in [7, 11) is 1.55. The lowest BCUT2D eigenvalue weighted by atomic mass is 10.1. The lowest BCUT2D eigenvalue weighted by molar-refractivity contribution is -0.129.